The fraction of sp³-hybridized carbons (Fsp3) is 0.200. The predicted molar refractivity (Wildman–Crippen MR) is 106 cm³/mol. The molecule has 0 saturated heterocycles. The lowest BCUT2D eigenvalue weighted by Crippen LogP contribution is -2.36. The molecule has 2 heterocycles. The molecule has 8 heteroatoms. The van der Waals surface area contributed by atoms with Crippen molar-refractivity contribution in [2.45, 2.75) is 6.92 Å². The van der Waals surface area contributed by atoms with Gasteiger partial charge in [-0.25, -0.2) is 0 Å². The molecule has 0 atom stereocenters. The molecular weight excluding hydrogens is 384 g/mol. The van der Waals surface area contributed by atoms with Crippen LogP contribution < -0.4 is 19.9 Å². The van der Waals surface area contributed by atoms with E-state index < -0.39 is 17.2 Å². The quantitative estimate of drug-likeness (QED) is 0.729. The van der Waals surface area contributed by atoms with E-state index in [-0.39, 0.29) is 17.7 Å². The number of rotatable bonds is 3. The van der Waals surface area contributed by atoms with E-state index in [9.17, 15) is 14.7 Å². The van der Waals surface area contributed by atoms with Crippen molar-refractivity contribution in [2.75, 3.05) is 18.2 Å². The Morgan fingerprint density at radius 3 is 2.61 bits per heavy atom. The van der Waals surface area contributed by atoms with Gasteiger partial charge in [-0.2, -0.15) is 0 Å². The van der Waals surface area contributed by atoms with Crippen LogP contribution in [-0.4, -0.2) is 28.9 Å². The van der Waals surface area contributed by atoms with Gasteiger partial charge < -0.3 is 24.0 Å². The third-order valence-corrected chi connectivity index (χ3v) is 5.04. The molecule has 7 nitrogen and oxygen atoms in total. The Bertz CT molecular complexity index is 1150. The summed E-state index contributed by atoms with van der Waals surface area (Å²) in [7, 11) is 1.54. The minimum absolute atomic E-state index is 0.00582. The summed E-state index contributed by atoms with van der Waals surface area (Å²) in [6.45, 7) is 2.09. The summed E-state index contributed by atoms with van der Waals surface area (Å²) in [6, 6.07) is 9.99. The normalized spacial score (nSPS) is 12.4. The molecule has 1 amide bonds. The standard InChI is InChI=1S/C20H17ClN2O5/c1-3-23(12-6-4-11(21)5-7-12)20(26)16-17(24)15-13(22(2)19(16)25)8-9-14-18(15)28-10-27-14/h4-9,24H,3,10H2,1-2H3. The van der Waals surface area contributed by atoms with Crippen molar-refractivity contribution >= 4 is 34.1 Å². The summed E-state index contributed by atoms with van der Waals surface area (Å²) >= 11 is 5.92. The Labute approximate surface area is 165 Å². The third kappa shape index (κ3) is 2.66. The number of ether oxygens (including phenoxy) is 2. The Morgan fingerprint density at radius 1 is 1.21 bits per heavy atom. The number of aromatic nitrogens is 1. The van der Waals surface area contributed by atoms with Gasteiger partial charge in [-0.1, -0.05) is 11.6 Å². The number of carbonyl (C=O) groups is 1. The third-order valence-electron chi connectivity index (χ3n) is 4.78. The van der Waals surface area contributed by atoms with Crippen molar-refractivity contribution in [3.63, 3.8) is 0 Å². The zero-order valence-electron chi connectivity index (χ0n) is 15.2. The van der Waals surface area contributed by atoms with E-state index in [0.717, 1.165) is 0 Å². The highest BCUT2D eigenvalue weighted by atomic mass is 35.5. The largest absolute Gasteiger partial charge is 0.506 e. The van der Waals surface area contributed by atoms with Gasteiger partial charge in [0.05, 0.1) is 10.9 Å². The second-order valence-electron chi connectivity index (χ2n) is 6.31. The van der Waals surface area contributed by atoms with Crippen LogP contribution in [0.3, 0.4) is 0 Å². The Kier molecular flexibility index (Phi) is 4.39. The zero-order chi connectivity index (χ0) is 20.0. The number of carbonyl (C=O) groups excluding carboxylic acids is 1. The fourth-order valence-electron chi connectivity index (χ4n) is 3.37. The van der Waals surface area contributed by atoms with Crippen LogP contribution in [0, 0.1) is 0 Å². The summed E-state index contributed by atoms with van der Waals surface area (Å²) in [5, 5.41) is 11.7. The number of hydrogen-bond donors (Lipinski definition) is 1. The number of fused-ring (bicyclic) bond motifs is 3. The van der Waals surface area contributed by atoms with Crippen molar-refractivity contribution < 1.29 is 19.4 Å². The molecule has 3 aromatic rings. The molecule has 28 heavy (non-hydrogen) atoms. The van der Waals surface area contributed by atoms with Gasteiger partial charge >= 0.3 is 0 Å². The monoisotopic (exact) mass is 400 g/mol. The summed E-state index contributed by atoms with van der Waals surface area (Å²) < 4.78 is 12.1. The van der Waals surface area contributed by atoms with E-state index in [1.807, 2.05) is 0 Å². The van der Waals surface area contributed by atoms with Crippen LogP contribution in [0.25, 0.3) is 10.9 Å². The molecule has 1 aliphatic heterocycles. The molecule has 0 saturated carbocycles. The molecule has 0 spiro atoms. The maximum atomic E-state index is 13.2. The van der Waals surface area contributed by atoms with Gasteiger partial charge in [0, 0.05) is 24.3 Å². The number of halogens is 1. The lowest BCUT2D eigenvalue weighted by molar-refractivity contribution is 0.0984. The first-order valence-corrected chi connectivity index (χ1v) is 9.03. The van der Waals surface area contributed by atoms with E-state index in [2.05, 4.69) is 0 Å². The lowest BCUT2D eigenvalue weighted by Gasteiger charge is -2.22. The molecule has 4 rings (SSSR count). The van der Waals surface area contributed by atoms with Gasteiger partial charge in [0.25, 0.3) is 11.5 Å². The maximum Gasteiger partial charge on any atom is 0.267 e. The van der Waals surface area contributed by atoms with E-state index in [1.165, 1.54) is 9.47 Å². The van der Waals surface area contributed by atoms with Gasteiger partial charge in [-0.15, -0.1) is 0 Å². The van der Waals surface area contributed by atoms with Crippen LogP contribution >= 0.6 is 11.6 Å². The molecule has 0 unspecified atom stereocenters. The number of pyridine rings is 1. The molecule has 0 bridgehead atoms. The van der Waals surface area contributed by atoms with Crippen molar-refractivity contribution in [1.29, 1.82) is 0 Å². The van der Waals surface area contributed by atoms with Gasteiger partial charge in [-0.05, 0) is 43.3 Å². The van der Waals surface area contributed by atoms with Gasteiger partial charge in [0.15, 0.2) is 11.5 Å². The Balaban J connectivity index is 1.94. The lowest BCUT2D eigenvalue weighted by atomic mass is 10.1. The zero-order valence-corrected chi connectivity index (χ0v) is 16.0. The summed E-state index contributed by atoms with van der Waals surface area (Å²) in [5.41, 5.74) is 0.0890. The minimum atomic E-state index is -0.610. The first-order chi connectivity index (χ1) is 13.4. The SMILES string of the molecule is CCN(C(=O)c1c(O)c2c3c(ccc2n(C)c1=O)OCO3)c1ccc(Cl)cc1. The van der Waals surface area contributed by atoms with Crippen molar-refractivity contribution in [2.24, 2.45) is 7.05 Å². The van der Waals surface area contributed by atoms with E-state index in [4.69, 9.17) is 21.1 Å². The van der Waals surface area contributed by atoms with Gasteiger partial charge in [-0.3, -0.25) is 9.59 Å². The van der Waals surface area contributed by atoms with Crippen molar-refractivity contribution in [3.8, 4) is 17.2 Å². The van der Waals surface area contributed by atoms with Crippen LogP contribution in [0.4, 0.5) is 5.69 Å². The number of aromatic hydroxyl groups is 1. The van der Waals surface area contributed by atoms with Crippen LogP contribution in [0.1, 0.15) is 17.3 Å². The minimum Gasteiger partial charge on any atom is -0.506 e. The first kappa shape index (κ1) is 18.2. The average molecular weight is 401 g/mol. The van der Waals surface area contributed by atoms with Crippen molar-refractivity contribution in [3.05, 3.63) is 57.3 Å². The predicted octanol–water partition coefficient (Wildman–Crippen LogP) is 3.29. The van der Waals surface area contributed by atoms with Gasteiger partial charge in [0.2, 0.25) is 6.79 Å². The van der Waals surface area contributed by atoms with Crippen molar-refractivity contribution in [1.82, 2.24) is 4.57 Å². The number of amides is 1. The highest BCUT2D eigenvalue weighted by Gasteiger charge is 2.29. The molecule has 2 aromatic carbocycles. The van der Waals surface area contributed by atoms with E-state index in [0.29, 0.717) is 34.3 Å². The Morgan fingerprint density at radius 2 is 1.93 bits per heavy atom. The van der Waals surface area contributed by atoms with Crippen LogP contribution in [0.2, 0.25) is 5.02 Å². The summed E-state index contributed by atoms with van der Waals surface area (Å²) in [5.74, 6) is -0.265. The molecule has 1 aliphatic rings. The van der Waals surface area contributed by atoms with Crippen LogP contribution in [0.15, 0.2) is 41.2 Å². The smallest absolute Gasteiger partial charge is 0.267 e. The molecule has 0 radical (unpaired) electrons. The molecule has 0 aliphatic carbocycles. The Hall–Kier alpha value is -3.19. The highest BCUT2D eigenvalue weighted by molar-refractivity contribution is 6.30. The van der Waals surface area contributed by atoms with E-state index in [1.54, 1.807) is 50.4 Å². The number of anilines is 1. The van der Waals surface area contributed by atoms with Crippen LogP contribution in [-0.2, 0) is 7.05 Å². The second kappa shape index (κ2) is 6.76. The summed E-state index contributed by atoms with van der Waals surface area (Å²) in [4.78, 5) is 27.6. The number of aryl methyl sites for hydroxylation is 1. The maximum absolute atomic E-state index is 13.2. The topological polar surface area (TPSA) is 81.0 Å². The van der Waals surface area contributed by atoms with E-state index >= 15 is 0 Å². The molecule has 0 fully saturated rings. The highest BCUT2D eigenvalue weighted by Crippen LogP contribution is 2.43. The van der Waals surface area contributed by atoms with Crippen LogP contribution in [0.5, 0.6) is 17.2 Å². The second-order valence-corrected chi connectivity index (χ2v) is 6.74. The fourth-order valence-corrected chi connectivity index (χ4v) is 3.49. The molecule has 144 valence electrons. The molecular formula is C20H17ClN2O5. The number of benzene rings is 2. The first-order valence-electron chi connectivity index (χ1n) is 8.65. The van der Waals surface area contributed by atoms with Gasteiger partial charge in [0.1, 0.15) is 11.3 Å². The number of nitrogens with zero attached hydrogens (tertiary/aromatic N) is 2. The molecule has 1 N–H and O–H groups in total. The molecule has 1 aromatic heterocycles. The average Bonchev–Trinajstić information content (AvgIpc) is 3.16. The number of hydrogen-bond acceptors (Lipinski definition) is 5. The summed E-state index contributed by atoms with van der Waals surface area (Å²) in [6.07, 6.45) is 0.